The van der Waals surface area contributed by atoms with Gasteiger partial charge in [-0.2, -0.15) is 0 Å². The molecule has 1 atom stereocenters. The van der Waals surface area contributed by atoms with Crippen LogP contribution in [0.15, 0.2) is 59.3 Å². The van der Waals surface area contributed by atoms with Gasteiger partial charge in [-0.15, -0.1) is 0 Å². The van der Waals surface area contributed by atoms with Crippen LogP contribution in [0.25, 0.3) is 22.2 Å². The summed E-state index contributed by atoms with van der Waals surface area (Å²) < 4.78 is 7.46. The summed E-state index contributed by atoms with van der Waals surface area (Å²) in [5.74, 6) is 0.222. The number of hydrogen-bond acceptors (Lipinski definition) is 4. The Hall–Kier alpha value is -3.09. The number of rotatable bonds is 6. The van der Waals surface area contributed by atoms with E-state index < -0.39 is 0 Å². The Morgan fingerprint density at radius 1 is 1.19 bits per heavy atom. The Kier molecular flexibility index (Phi) is 5.85. The van der Waals surface area contributed by atoms with E-state index in [-0.39, 0.29) is 11.9 Å². The van der Waals surface area contributed by atoms with Crippen LogP contribution in [-0.2, 0) is 7.05 Å². The minimum Gasteiger partial charge on any atom is -0.360 e. The summed E-state index contributed by atoms with van der Waals surface area (Å²) in [6.07, 6.45) is 2.13. The number of carbonyl (C=O) groups excluding carboxylic acids is 1. The molecule has 0 aliphatic heterocycles. The lowest BCUT2D eigenvalue weighted by Crippen LogP contribution is -2.34. The second-order valence-corrected chi connectivity index (χ2v) is 8.25. The predicted octanol–water partition coefficient (Wildman–Crippen LogP) is 4.83. The van der Waals surface area contributed by atoms with E-state index in [0.29, 0.717) is 34.1 Å². The number of halogens is 1. The first-order valence-corrected chi connectivity index (χ1v) is 10.5. The molecule has 7 heteroatoms. The molecule has 0 bridgehead atoms. The maximum Gasteiger partial charge on any atom is 0.257 e. The summed E-state index contributed by atoms with van der Waals surface area (Å²) in [7, 11) is 6.06. The van der Waals surface area contributed by atoms with Gasteiger partial charge in [0.1, 0.15) is 17.0 Å². The van der Waals surface area contributed by atoms with Crippen molar-refractivity contribution < 1.29 is 9.32 Å². The number of carbonyl (C=O) groups is 1. The molecule has 31 heavy (non-hydrogen) atoms. The van der Waals surface area contributed by atoms with Gasteiger partial charge in [-0.05, 0) is 38.7 Å². The average Bonchev–Trinajstić information content (AvgIpc) is 3.29. The van der Waals surface area contributed by atoms with Crippen LogP contribution in [0.5, 0.6) is 0 Å². The molecule has 6 nitrogen and oxygen atoms in total. The molecule has 2 aromatic heterocycles. The lowest BCUT2D eigenvalue weighted by molar-refractivity contribution is 0.0941. The number of amides is 1. The summed E-state index contributed by atoms with van der Waals surface area (Å²) in [6.45, 7) is 2.17. The van der Waals surface area contributed by atoms with Crippen LogP contribution in [0.2, 0.25) is 5.02 Å². The van der Waals surface area contributed by atoms with Crippen molar-refractivity contribution in [2.45, 2.75) is 13.0 Å². The molecule has 0 spiro atoms. The van der Waals surface area contributed by atoms with Crippen LogP contribution >= 0.6 is 11.6 Å². The molecule has 160 valence electrons. The highest BCUT2D eigenvalue weighted by molar-refractivity contribution is 6.33. The van der Waals surface area contributed by atoms with Gasteiger partial charge in [-0.25, -0.2) is 0 Å². The number of benzene rings is 2. The number of fused-ring (bicyclic) bond motifs is 1. The molecule has 0 aliphatic rings. The van der Waals surface area contributed by atoms with E-state index in [4.69, 9.17) is 16.1 Å². The Morgan fingerprint density at radius 2 is 1.90 bits per heavy atom. The highest BCUT2D eigenvalue weighted by Crippen LogP contribution is 2.32. The number of hydrogen-bond donors (Lipinski definition) is 1. The fraction of sp³-hybridized carbons (Fsp3) is 0.250. The number of para-hydroxylation sites is 1. The van der Waals surface area contributed by atoms with Gasteiger partial charge in [0.15, 0.2) is 0 Å². The molecule has 2 heterocycles. The van der Waals surface area contributed by atoms with E-state index in [2.05, 4.69) is 38.3 Å². The first-order chi connectivity index (χ1) is 14.9. The summed E-state index contributed by atoms with van der Waals surface area (Å²) >= 11 is 6.33. The smallest absolute Gasteiger partial charge is 0.257 e. The SMILES string of the molecule is Cc1onc(-c2ccccc2Cl)c1C(=O)NCC(c1cn(C)c2ccccc12)N(C)C. The average molecular weight is 437 g/mol. The van der Waals surface area contributed by atoms with Crippen LogP contribution in [-0.4, -0.2) is 41.2 Å². The standard InChI is InChI=1S/C24H25ClN4O2/c1-15-22(23(27-31-15)17-10-5-7-11-19(17)25)24(30)26-13-21(28(2)3)18-14-29(4)20-12-8-6-9-16(18)20/h5-12,14,21H,13H2,1-4H3,(H,26,30). The Labute approximate surface area is 186 Å². The predicted molar refractivity (Wildman–Crippen MR) is 123 cm³/mol. The van der Waals surface area contributed by atoms with Crippen molar-refractivity contribution in [3.05, 3.63) is 76.6 Å². The molecular weight excluding hydrogens is 412 g/mol. The third-order valence-corrected chi connectivity index (χ3v) is 5.91. The summed E-state index contributed by atoms with van der Waals surface area (Å²) in [5.41, 5.74) is 3.85. The van der Waals surface area contributed by atoms with Crippen LogP contribution < -0.4 is 5.32 Å². The van der Waals surface area contributed by atoms with Crippen molar-refractivity contribution in [3.8, 4) is 11.3 Å². The third-order valence-electron chi connectivity index (χ3n) is 5.58. The van der Waals surface area contributed by atoms with Gasteiger partial charge in [-0.1, -0.05) is 53.2 Å². The van der Waals surface area contributed by atoms with Crippen molar-refractivity contribution in [1.29, 1.82) is 0 Å². The molecule has 2 aromatic carbocycles. The second-order valence-electron chi connectivity index (χ2n) is 7.84. The van der Waals surface area contributed by atoms with E-state index >= 15 is 0 Å². The van der Waals surface area contributed by atoms with E-state index in [0.717, 1.165) is 11.1 Å². The second kappa shape index (κ2) is 8.57. The van der Waals surface area contributed by atoms with E-state index in [1.807, 2.05) is 51.5 Å². The largest absolute Gasteiger partial charge is 0.360 e. The molecule has 0 saturated heterocycles. The van der Waals surface area contributed by atoms with Crippen molar-refractivity contribution in [2.24, 2.45) is 7.05 Å². The highest BCUT2D eigenvalue weighted by Gasteiger charge is 2.25. The van der Waals surface area contributed by atoms with Crippen molar-refractivity contribution in [1.82, 2.24) is 19.9 Å². The van der Waals surface area contributed by atoms with Gasteiger partial charge in [0.05, 0.1) is 11.1 Å². The number of aryl methyl sites for hydroxylation is 2. The minimum atomic E-state index is -0.235. The normalized spacial score (nSPS) is 12.5. The molecule has 4 rings (SSSR count). The topological polar surface area (TPSA) is 63.3 Å². The maximum absolute atomic E-state index is 13.2. The van der Waals surface area contributed by atoms with Gasteiger partial charge in [0.2, 0.25) is 0 Å². The summed E-state index contributed by atoms with van der Waals surface area (Å²) in [6, 6.07) is 15.6. The fourth-order valence-electron chi connectivity index (χ4n) is 3.96. The van der Waals surface area contributed by atoms with Gasteiger partial charge in [-0.3, -0.25) is 4.79 Å². The van der Waals surface area contributed by atoms with Gasteiger partial charge in [0.25, 0.3) is 5.91 Å². The fourth-order valence-corrected chi connectivity index (χ4v) is 4.19. The molecule has 1 N–H and O–H groups in total. The first kappa shape index (κ1) is 21.2. The molecule has 0 fully saturated rings. The van der Waals surface area contributed by atoms with Crippen LogP contribution in [0.1, 0.15) is 27.7 Å². The molecule has 1 unspecified atom stereocenters. The van der Waals surface area contributed by atoms with Gasteiger partial charge in [0, 0.05) is 36.3 Å². The first-order valence-electron chi connectivity index (χ1n) is 10.1. The van der Waals surface area contributed by atoms with E-state index in [9.17, 15) is 4.79 Å². The molecule has 1 amide bonds. The zero-order chi connectivity index (χ0) is 22.1. The summed E-state index contributed by atoms with van der Waals surface area (Å²) in [4.78, 5) is 15.3. The van der Waals surface area contributed by atoms with Crippen LogP contribution in [0, 0.1) is 6.92 Å². The lowest BCUT2D eigenvalue weighted by atomic mass is 10.0. The Morgan fingerprint density at radius 3 is 2.65 bits per heavy atom. The number of nitrogens with zero attached hydrogens (tertiary/aromatic N) is 3. The van der Waals surface area contributed by atoms with Crippen LogP contribution in [0.4, 0.5) is 0 Å². The number of nitrogens with one attached hydrogen (secondary N) is 1. The van der Waals surface area contributed by atoms with Crippen molar-refractivity contribution in [3.63, 3.8) is 0 Å². The summed E-state index contributed by atoms with van der Waals surface area (Å²) in [5, 5.41) is 8.87. The third kappa shape index (κ3) is 3.96. The molecule has 0 saturated carbocycles. The van der Waals surface area contributed by atoms with Crippen molar-refractivity contribution >= 4 is 28.4 Å². The van der Waals surface area contributed by atoms with Gasteiger partial charge >= 0.3 is 0 Å². The zero-order valence-electron chi connectivity index (χ0n) is 18.0. The number of likely N-dealkylation sites (N-methyl/N-ethyl adjacent to an activating group) is 1. The molecule has 0 radical (unpaired) electrons. The quantitative estimate of drug-likeness (QED) is 0.470. The van der Waals surface area contributed by atoms with Crippen LogP contribution in [0.3, 0.4) is 0 Å². The minimum absolute atomic E-state index is 0.000945. The van der Waals surface area contributed by atoms with Gasteiger partial charge < -0.3 is 19.3 Å². The van der Waals surface area contributed by atoms with E-state index in [1.165, 1.54) is 5.39 Å². The highest BCUT2D eigenvalue weighted by atomic mass is 35.5. The van der Waals surface area contributed by atoms with Crippen molar-refractivity contribution in [2.75, 3.05) is 20.6 Å². The Balaban J connectivity index is 1.62. The monoisotopic (exact) mass is 436 g/mol. The maximum atomic E-state index is 13.2. The Bertz CT molecular complexity index is 1240. The molecule has 0 aliphatic carbocycles. The zero-order valence-corrected chi connectivity index (χ0v) is 18.8. The molecular formula is C24H25ClN4O2. The number of aromatic nitrogens is 2. The molecule has 4 aromatic rings. The van der Waals surface area contributed by atoms with E-state index in [1.54, 1.807) is 13.0 Å². The lowest BCUT2D eigenvalue weighted by Gasteiger charge is -2.24.